The van der Waals surface area contributed by atoms with Crippen LogP contribution in [0.15, 0.2) is 45.8 Å². The average molecular weight is 522 g/mol. The van der Waals surface area contributed by atoms with Crippen LogP contribution in [0.3, 0.4) is 0 Å². The number of benzene rings is 2. The minimum Gasteiger partial charge on any atom is -0.355 e. The molecular formula is C29H35N3O4S. The van der Waals surface area contributed by atoms with E-state index < -0.39 is 10.0 Å². The van der Waals surface area contributed by atoms with Crippen LogP contribution in [0.5, 0.6) is 0 Å². The minimum atomic E-state index is -3.83. The molecule has 0 aliphatic carbocycles. The number of aromatic nitrogens is 1. The van der Waals surface area contributed by atoms with E-state index in [4.69, 9.17) is 4.52 Å². The first-order valence-corrected chi connectivity index (χ1v) is 14.2. The molecule has 0 saturated carbocycles. The van der Waals surface area contributed by atoms with Crippen LogP contribution in [0.25, 0.3) is 12.2 Å². The van der Waals surface area contributed by atoms with Crippen molar-refractivity contribution in [2.45, 2.75) is 58.8 Å². The van der Waals surface area contributed by atoms with Gasteiger partial charge >= 0.3 is 0 Å². The maximum Gasteiger partial charge on any atom is 0.248 e. The zero-order chi connectivity index (χ0) is 26.7. The SMILES string of the molecule is CCc1ccc(NC(=O)C2CCN(S(=O)(=O)c3c(C)noc3/C=C/c3c(C)cc(C)cc3C)CC2)cc1. The van der Waals surface area contributed by atoms with Gasteiger partial charge in [0.1, 0.15) is 5.69 Å². The Labute approximate surface area is 219 Å². The number of aryl methyl sites for hydroxylation is 5. The fourth-order valence-corrected chi connectivity index (χ4v) is 6.69. The average Bonchev–Trinajstić information content (AvgIpc) is 3.25. The molecule has 0 unspecified atom stereocenters. The highest BCUT2D eigenvalue weighted by Gasteiger charge is 2.36. The number of nitrogens with zero attached hydrogens (tertiary/aromatic N) is 2. The zero-order valence-electron chi connectivity index (χ0n) is 22.2. The molecule has 2 aromatic carbocycles. The van der Waals surface area contributed by atoms with Crippen molar-refractivity contribution in [3.05, 3.63) is 75.7 Å². The topological polar surface area (TPSA) is 92.5 Å². The summed E-state index contributed by atoms with van der Waals surface area (Å²) < 4.78 is 34.1. The molecule has 1 saturated heterocycles. The van der Waals surface area contributed by atoms with Gasteiger partial charge in [-0.2, -0.15) is 4.31 Å². The lowest BCUT2D eigenvalue weighted by molar-refractivity contribution is -0.120. The molecule has 0 bridgehead atoms. The smallest absolute Gasteiger partial charge is 0.248 e. The Bertz CT molecular complexity index is 1390. The summed E-state index contributed by atoms with van der Waals surface area (Å²) in [7, 11) is -3.83. The lowest BCUT2D eigenvalue weighted by Crippen LogP contribution is -2.41. The Morgan fingerprint density at radius 2 is 1.68 bits per heavy atom. The molecule has 1 amide bonds. The molecule has 1 aliphatic heterocycles. The van der Waals surface area contributed by atoms with Crippen molar-refractivity contribution in [2.24, 2.45) is 5.92 Å². The Hall–Kier alpha value is -3.23. The van der Waals surface area contributed by atoms with Crippen LogP contribution in [0.1, 0.15) is 59.0 Å². The van der Waals surface area contributed by atoms with E-state index in [2.05, 4.69) is 36.5 Å². The molecule has 0 atom stereocenters. The zero-order valence-corrected chi connectivity index (χ0v) is 23.0. The number of piperidine rings is 1. The first-order chi connectivity index (χ1) is 17.6. The number of hydrogen-bond acceptors (Lipinski definition) is 5. The predicted octanol–water partition coefficient (Wildman–Crippen LogP) is 5.68. The van der Waals surface area contributed by atoms with E-state index in [9.17, 15) is 13.2 Å². The van der Waals surface area contributed by atoms with E-state index in [1.165, 1.54) is 15.4 Å². The molecule has 3 aromatic rings. The largest absolute Gasteiger partial charge is 0.355 e. The number of nitrogens with one attached hydrogen (secondary N) is 1. The van der Waals surface area contributed by atoms with E-state index in [1.54, 1.807) is 13.0 Å². The Morgan fingerprint density at radius 1 is 1.05 bits per heavy atom. The molecule has 1 fully saturated rings. The lowest BCUT2D eigenvalue weighted by Gasteiger charge is -2.30. The van der Waals surface area contributed by atoms with E-state index in [0.717, 1.165) is 28.8 Å². The summed E-state index contributed by atoms with van der Waals surface area (Å²) in [6.07, 6.45) is 5.41. The minimum absolute atomic E-state index is 0.0742. The summed E-state index contributed by atoms with van der Waals surface area (Å²) in [5, 5.41) is 6.92. The maximum atomic E-state index is 13.6. The molecule has 1 aromatic heterocycles. The van der Waals surface area contributed by atoms with Crippen molar-refractivity contribution < 1.29 is 17.7 Å². The number of hydrogen-bond donors (Lipinski definition) is 1. The van der Waals surface area contributed by atoms with E-state index in [-0.39, 0.29) is 35.6 Å². The van der Waals surface area contributed by atoms with Gasteiger partial charge in [0.2, 0.25) is 15.9 Å². The highest BCUT2D eigenvalue weighted by Crippen LogP contribution is 2.30. The Kier molecular flexibility index (Phi) is 7.99. The molecule has 196 valence electrons. The highest BCUT2D eigenvalue weighted by molar-refractivity contribution is 7.89. The van der Waals surface area contributed by atoms with Gasteiger partial charge in [0.25, 0.3) is 0 Å². The third-order valence-electron chi connectivity index (χ3n) is 7.03. The van der Waals surface area contributed by atoms with Gasteiger partial charge in [-0.05, 0) is 87.4 Å². The molecule has 37 heavy (non-hydrogen) atoms. The number of carbonyl (C=O) groups is 1. The van der Waals surface area contributed by atoms with Gasteiger partial charge in [0, 0.05) is 24.7 Å². The van der Waals surface area contributed by atoms with Crippen LogP contribution in [-0.4, -0.2) is 36.9 Å². The quantitative estimate of drug-likeness (QED) is 0.432. The van der Waals surface area contributed by atoms with Crippen LogP contribution in [0.4, 0.5) is 5.69 Å². The van der Waals surface area contributed by atoms with Gasteiger partial charge in [-0.25, -0.2) is 8.42 Å². The van der Waals surface area contributed by atoms with Gasteiger partial charge in [-0.3, -0.25) is 4.79 Å². The third-order valence-corrected chi connectivity index (χ3v) is 9.08. The molecule has 7 nitrogen and oxygen atoms in total. The van der Waals surface area contributed by atoms with Gasteiger partial charge in [0.15, 0.2) is 10.7 Å². The van der Waals surface area contributed by atoms with Crippen molar-refractivity contribution in [2.75, 3.05) is 18.4 Å². The van der Waals surface area contributed by atoms with Crippen molar-refractivity contribution >= 4 is 33.8 Å². The van der Waals surface area contributed by atoms with Gasteiger partial charge < -0.3 is 9.84 Å². The van der Waals surface area contributed by atoms with Gasteiger partial charge in [-0.1, -0.05) is 48.0 Å². The first-order valence-electron chi connectivity index (χ1n) is 12.7. The lowest BCUT2D eigenvalue weighted by atomic mass is 9.97. The monoisotopic (exact) mass is 521 g/mol. The van der Waals surface area contributed by atoms with Crippen LogP contribution >= 0.6 is 0 Å². The second kappa shape index (κ2) is 11.0. The summed E-state index contributed by atoms with van der Waals surface area (Å²) in [4.78, 5) is 12.9. The van der Waals surface area contributed by atoms with Crippen molar-refractivity contribution in [1.82, 2.24) is 9.46 Å². The molecule has 4 rings (SSSR count). The fourth-order valence-electron chi connectivity index (χ4n) is 4.97. The van der Waals surface area contributed by atoms with E-state index in [1.807, 2.05) is 44.2 Å². The number of sulfonamides is 1. The van der Waals surface area contributed by atoms with Crippen LogP contribution in [0, 0.1) is 33.6 Å². The third kappa shape index (κ3) is 5.86. The molecule has 0 spiro atoms. The summed E-state index contributed by atoms with van der Waals surface area (Å²) in [6, 6.07) is 12.0. The number of carbonyl (C=O) groups excluding carboxylic acids is 1. The van der Waals surface area contributed by atoms with Crippen molar-refractivity contribution in [3.63, 3.8) is 0 Å². The fraction of sp³-hybridized carbons (Fsp3) is 0.379. The van der Waals surface area contributed by atoms with Gasteiger partial charge in [-0.15, -0.1) is 0 Å². The number of amides is 1. The normalized spacial score (nSPS) is 15.4. The highest BCUT2D eigenvalue weighted by atomic mass is 32.2. The summed E-state index contributed by atoms with van der Waals surface area (Å²) >= 11 is 0. The van der Waals surface area contributed by atoms with E-state index >= 15 is 0 Å². The molecule has 0 radical (unpaired) electrons. The predicted molar refractivity (Wildman–Crippen MR) is 147 cm³/mol. The molecular weight excluding hydrogens is 486 g/mol. The van der Waals surface area contributed by atoms with Crippen LogP contribution < -0.4 is 5.32 Å². The second-order valence-electron chi connectivity index (χ2n) is 9.83. The van der Waals surface area contributed by atoms with E-state index in [0.29, 0.717) is 18.5 Å². The Morgan fingerprint density at radius 3 is 2.27 bits per heavy atom. The second-order valence-corrected chi connectivity index (χ2v) is 11.7. The van der Waals surface area contributed by atoms with Crippen LogP contribution in [0.2, 0.25) is 0 Å². The Balaban J connectivity index is 1.46. The maximum absolute atomic E-state index is 13.6. The van der Waals surface area contributed by atoms with Gasteiger partial charge in [0.05, 0.1) is 0 Å². The molecule has 2 heterocycles. The summed E-state index contributed by atoms with van der Waals surface area (Å²) in [5.41, 5.74) is 6.71. The molecule has 8 heteroatoms. The first kappa shape index (κ1) is 26.8. The van der Waals surface area contributed by atoms with Crippen molar-refractivity contribution in [3.8, 4) is 0 Å². The summed E-state index contributed by atoms with van der Waals surface area (Å²) in [6.45, 7) is 10.4. The van der Waals surface area contributed by atoms with Crippen LogP contribution in [-0.2, 0) is 21.2 Å². The standard InChI is InChI=1S/C29H35N3O4S/c1-6-23-7-9-25(10-8-23)30-29(33)24-13-15-32(16-14-24)37(34,35)28-22(5)31-36-27(28)12-11-26-20(3)17-19(2)18-21(26)4/h7-12,17-18,24H,6,13-16H2,1-5H3,(H,30,33)/b12-11+. The molecule has 1 aliphatic rings. The molecule has 1 N–H and O–H groups in total. The van der Waals surface area contributed by atoms with Crippen molar-refractivity contribution in [1.29, 1.82) is 0 Å². The summed E-state index contributed by atoms with van der Waals surface area (Å²) in [5.74, 6) is -0.102. The number of anilines is 1. The number of rotatable bonds is 7.